The Morgan fingerprint density at radius 2 is 1.85 bits per heavy atom. The van der Waals surface area contributed by atoms with E-state index in [2.05, 4.69) is 52.2 Å². The van der Waals surface area contributed by atoms with E-state index in [0.717, 1.165) is 47.8 Å². The van der Waals surface area contributed by atoms with Crippen molar-refractivity contribution in [2.75, 3.05) is 11.9 Å². The van der Waals surface area contributed by atoms with E-state index < -0.39 is 0 Å². The van der Waals surface area contributed by atoms with E-state index in [1.54, 1.807) is 0 Å². The van der Waals surface area contributed by atoms with Gasteiger partial charge >= 0.3 is 0 Å². The summed E-state index contributed by atoms with van der Waals surface area (Å²) in [4.78, 5) is 9.21. The molecule has 3 aliphatic rings. The highest BCUT2D eigenvalue weighted by atomic mass is 79.9. The molecule has 0 amide bonds. The number of aromatic nitrogens is 3. The van der Waals surface area contributed by atoms with Gasteiger partial charge in [-0.2, -0.15) is 4.98 Å². The van der Waals surface area contributed by atoms with Crippen LogP contribution in [-0.4, -0.2) is 21.7 Å². The Hall–Kier alpha value is -1.43. The van der Waals surface area contributed by atoms with Crippen LogP contribution in [0.4, 0.5) is 5.82 Å². The maximum Gasteiger partial charge on any atom is 0.232 e. The highest BCUT2D eigenvalue weighted by Crippen LogP contribution is 2.57. The van der Waals surface area contributed by atoms with Gasteiger partial charge in [0.2, 0.25) is 5.89 Å². The van der Waals surface area contributed by atoms with Crippen molar-refractivity contribution in [3.8, 4) is 0 Å². The Morgan fingerprint density at radius 3 is 2.42 bits per heavy atom. The SMILES string of the molecule is CC(C)(C)c1nc(C23CCC(CNc4cc(Br)ccn4)(CC2)CC3)no1. The number of nitrogens with zero attached hydrogens (tertiary/aromatic N) is 3. The first kappa shape index (κ1) is 18.0. The molecule has 0 atom stereocenters. The van der Waals surface area contributed by atoms with Crippen molar-refractivity contribution in [3.05, 3.63) is 34.5 Å². The lowest BCUT2D eigenvalue weighted by atomic mass is 9.53. The summed E-state index contributed by atoms with van der Waals surface area (Å²) in [5.41, 5.74) is 0.418. The van der Waals surface area contributed by atoms with Crippen molar-refractivity contribution in [1.29, 1.82) is 0 Å². The van der Waals surface area contributed by atoms with Crippen LogP contribution in [0.25, 0.3) is 0 Å². The Morgan fingerprint density at radius 1 is 1.15 bits per heavy atom. The van der Waals surface area contributed by atoms with Crippen molar-refractivity contribution >= 4 is 21.7 Å². The van der Waals surface area contributed by atoms with E-state index in [1.165, 1.54) is 19.3 Å². The number of halogens is 1. The highest BCUT2D eigenvalue weighted by molar-refractivity contribution is 9.10. The van der Waals surface area contributed by atoms with Crippen molar-refractivity contribution < 1.29 is 4.52 Å². The van der Waals surface area contributed by atoms with Crippen molar-refractivity contribution in [2.24, 2.45) is 5.41 Å². The fraction of sp³-hybridized carbons (Fsp3) is 0.650. The summed E-state index contributed by atoms with van der Waals surface area (Å²) in [6, 6.07) is 4.00. The van der Waals surface area contributed by atoms with E-state index >= 15 is 0 Å². The molecule has 1 N–H and O–H groups in total. The monoisotopic (exact) mass is 418 g/mol. The van der Waals surface area contributed by atoms with Gasteiger partial charge < -0.3 is 9.84 Å². The summed E-state index contributed by atoms with van der Waals surface area (Å²) in [7, 11) is 0. The maximum atomic E-state index is 5.58. The Kier molecular flexibility index (Phi) is 4.37. The molecule has 3 saturated carbocycles. The molecule has 3 fully saturated rings. The lowest BCUT2D eigenvalue weighted by Crippen LogP contribution is -2.47. The lowest BCUT2D eigenvalue weighted by molar-refractivity contribution is 0.0445. The topological polar surface area (TPSA) is 63.8 Å². The van der Waals surface area contributed by atoms with Gasteiger partial charge in [-0.3, -0.25) is 0 Å². The standard InChI is InChI=1S/C20H27BrN4O/c1-18(2,3)17-24-16(25-26-17)20-8-5-19(6-9-20,7-10-20)13-23-15-12-14(21)4-11-22-15/h4,11-12H,5-10,13H2,1-3H3,(H,22,23). The average molecular weight is 419 g/mol. The smallest absolute Gasteiger partial charge is 0.232 e. The zero-order valence-electron chi connectivity index (χ0n) is 15.8. The number of nitrogens with one attached hydrogen (secondary N) is 1. The molecule has 5 nitrogen and oxygen atoms in total. The van der Waals surface area contributed by atoms with Gasteiger partial charge in [0.1, 0.15) is 5.82 Å². The summed E-state index contributed by atoms with van der Waals surface area (Å²) in [5.74, 6) is 2.65. The molecule has 0 spiro atoms. The molecule has 0 aliphatic heterocycles. The molecule has 2 aromatic rings. The number of hydrogen-bond acceptors (Lipinski definition) is 5. The first-order valence-electron chi connectivity index (χ1n) is 9.51. The van der Waals surface area contributed by atoms with Gasteiger partial charge in [-0.25, -0.2) is 4.98 Å². The first-order chi connectivity index (χ1) is 12.3. The Balaban J connectivity index is 1.44. The summed E-state index contributed by atoms with van der Waals surface area (Å²) in [6.45, 7) is 7.36. The molecular weight excluding hydrogens is 392 g/mol. The first-order valence-corrected chi connectivity index (χ1v) is 10.3. The summed E-state index contributed by atoms with van der Waals surface area (Å²) >= 11 is 3.51. The molecule has 5 rings (SSSR count). The van der Waals surface area contributed by atoms with Crippen LogP contribution >= 0.6 is 15.9 Å². The predicted molar refractivity (Wildman–Crippen MR) is 105 cm³/mol. The third-order valence-electron chi connectivity index (χ3n) is 6.31. The van der Waals surface area contributed by atoms with Crippen LogP contribution in [-0.2, 0) is 10.8 Å². The quantitative estimate of drug-likeness (QED) is 0.735. The molecular formula is C20H27BrN4O. The van der Waals surface area contributed by atoms with Gasteiger partial charge in [-0.15, -0.1) is 0 Å². The van der Waals surface area contributed by atoms with Crippen LogP contribution in [0.15, 0.2) is 27.3 Å². The van der Waals surface area contributed by atoms with E-state index in [1.807, 2.05) is 18.3 Å². The van der Waals surface area contributed by atoms with Crippen LogP contribution in [0.2, 0.25) is 0 Å². The molecule has 0 radical (unpaired) electrons. The number of pyridine rings is 1. The normalized spacial score (nSPS) is 28.3. The van der Waals surface area contributed by atoms with Crippen LogP contribution in [0.1, 0.15) is 71.0 Å². The van der Waals surface area contributed by atoms with Crippen LogP contribution < -0.4 is 5.32 Å². The second kappa shape index (κ2) is 6.32. The highest BCUT2D eigenvalue weighted by Gasteiger charge is 2.51. The van der Waals surface area contributed by atoms with Gasteiger partial charge in [-0.1, -0.05) is 41.9 Å². The maximum absolute atomic E-state index is 5.58. The van der Waals surface area contributed by atoms with E-state index in [9.17, 15) is 0 Å². The summed E-state index contributed by atoms with van der Waals surface area (Å²) in [6.07, 6.45) is 8.95. The van der Waals surface area contributed by atoms with Crippen LogP contribution in [0, 0.1) is 5.41 Å². The summed E-state index contributed by atoms with van der Waals surface area (Å²) in [5, 5.41) is 7.94. The van der Waals surface area contributed by atoms with Crippen molar-refractivity contribution in [3.63, 3.8) is 0 Å². The van der Waals surface area contributed by atoms with Crippen molar-refractivity contribution in [2.45, 2.75) is 70.1 Å². The summed E-state index contributed by atoms with van der Waals surface area (Å²) < 4.78 is 6.64. The minimum atomic E-state index is -0.0874. The fourth-order valence-corrected chi connectivity index (χ4v) is 4.72. The average Bonchev–Trinajstić information content (AvgIpc) is 3.13. The van der Waals surface area contributed by atoms with Crippen LogP contribution in [0.3, 0.4) is 0 Å². The van der Waals surface area contributed by atoms with Gasteiger partial charge in [0.05, 0.1) is 0 Å². The second-order valence-electron chi connectivity index (χ2n) is 9.17. The predicted octanol–water partition coefficient (Wildman–Crippen LogP) is 5.23. The third-order valence-corrected chi connectivity index (χ3v) is 6.80. The largest absolute Gasteiger partial charge is 0.369 e. The van der Waals surface area contributed by atoms with Crippen molar-refractivity contribution in [1.82, 2.24) is 15.1 Å². The van der Waals surface area contributed by atoms with E-state index in [-0.39, 0.29) is 10.8 Å². The molecule has 2 heterocycles. The zero-order valence-corrected chi connectivity index (χ0v) is 17.4. The Labute approximate surface area is 163 Å². The molecule has 3 aliphatic carbocycles. The van der Waals surface area contributed by atoms with Crippen LogP contribution in [0.5, 0.6) is 0 Å². The minimum absolute atomic E-state index is 0.0874. The minimum Gasteiger partial charge on any atom is -0.369 e. The van der Waals surface area contributed by atoms with Gasteiger partial charge in [0.15, 0.2) is 5.82 Å². The number of hydrogen-bond donors (Lipinski definition) is 1. The second-order valence-corrected chi connectivity index (χ2v) is 10.1. The van der Waals surface area contributed by atoms with E-state index in [4.69, 9.17) is 9.51 Å². The lowest BCUT2D eigenvalue weighted by Gasteiger charge is -2.52. The molecule has 2 aromatic heterocycles. The third kappa shape index (κ3) is 3.28. The molecule has 140 valence electrons. The van der Waals surface area contributed by atoms with E-state index in [0.29, 0.717) is 5.41 Å². The Bertz CT molecular complexity index is 771. The molecule has 6 heteroatoms. The van der Waals surface area contributed by atoms with Gasteiger partial charge in [-0.05, 0) is 56.1 Å². The van der Waals surface area contributed by atoms with Gasteiger partial charge in [0.25, 0.3) is 0 Å². The molecule has 26 heavy (non-hydrogen) atoms. The number of anilines is 1. The molecule has 2 bridgehead atoms. The molecule has 0 unspecified atom stereocenters. The zero-order chi connectivity index (χ0) is 18.4. The fourth-order valence-electron chi connectivity index (χ4n) is 4.39. The molecule has 0 saturated heterocycles. The number of fused-ring (bicyclic) bond motifs is 3. The van der Waals surface area contributed by atoms with Gasteiger partial charge in [0, 0.05) is 28.0 Å². The molecule has 0 aromatic carbocycles. The number of rotatable bonds is 4.